The van der Waals surface area contributed by atoms with Gasteiger partial charge in [0.25, 0.3) is 0 Å². The van der Waals surface area contributed by atoms with E-state index in [-0.39, 0.29) is 5.75 Å². The molecule has 0 aliphatic carbocycles. The zero-order valence-electron chi connectivity index (χ0n) is 5.10. The number of aromatic nitrogens is 3. The molecule has 0 saturated carbocycles. The molecule has 0 atom stereocenters. The van der Waals surface area contributed by atoms with Crippen molar-refractivity contribution in [1.82, 2.24) is 14.6 Å². The Morgan fingerprint density at radius 3 is 3.20 bits per heavy atom. The Kier molecular flexibility index (Phi) is 0.887. The van der Waals surface area contributed by atoms with Crippen molar-refractivity contribution in [2.24, 2.45) is 0 Å². The van der Waals surface area contributed by atoms with Gasteiger partial charge in [-0.3, -0.25) is 0 Å². The fourth-order valence-electron chi connectivity index (χ4n) is 0.832. The van der Waals surface area contributed by atoms with Crippen LogP contribution in [0.1, 0.15) is 0 Å². The van der Waals surface area contributed by atoms with E-state index in [1.165, 1.54) is 17.0 Å². The summed E-state index contributed by atoms with van der Waals surface area (Å²) in [6.45, 7) is 0. The highest BCUT2D eigenvalue weighted by molar-refractivity contribution is 5.56. The fourth-order valence-corrected chi connectivity index (χ4v) is 0.832. The molecule has 0 aromatic carbocycles. The topological polar surface area (TPSA) is 50.4 Å². The first-order valence-corrected chi connectivity index (χ1v) is 2.84. The Hall–Kier alpha value is -1.58. The summed E-state index contributed by atoms with van der Waals surface area (Å²) in [7, 11) is 0. The van der Waals surface area contributed by atoms with Crippen molar-refractivity contribution >= 4 is 5.52 Å². The van der Waals surface area contributed by atoms with Crippen LogP contribution in [0.15, 0.2) is 24.8 Å². The molecule has 0 unspecified atom stereocenters. The smallest absolute Gasteiger partial charge is 0.161 e. The van der Waals surface area contributed by atoms with Crippen molar-refractivity contribution in [2.45, 2.75) is 0 Å². The summed E-state index contributed by atoms with van der Waals surface area (Å²) in [5.74, 6) is 0.183. The average Bonchev–Trinajstić information content (AvgIpc) is 2.34. The molecule has 0 bridgehead atoms. The first-order valence-electron chi connectivity index (χ1n) is 2.84. The van der Waals surface area contributed by atoms with Gasteiger partial charge in [-0.2, -0.15) is 5.10 Å². The summed E-state index contributed by atoms with van der Waals surface area (Å²) in [6, 6.07) is 1.70. The van der Waals surface area contributed by atoms with Crippen molar-refractivity contribution < 1.29 is 5.11 Å². The van der Waals surface area contributed by atoms with Gasteiger partial charge in [0.05, 0.1) is 6.20 Å². The van der Waals surface area contributed by atoms with E-state index in [0.29, 0.717) is 5.52 Å². The van der Waals surface area contributed by atoms with Gasteiger partial charge in [0.2, 0.25) is 0 Å². The number of aromatic hydroxyl groups is 1. The van der Waals surface area contributed by atoms with E-state index >= 15 is 0 Å². The average molecular weight is 135 g/mol. The van der Waals surface area contributed by atoms with Crippen LogP contribution in [0, 0.1) is 0 Å². The quantitative estimate of drug-likeness (QED) is 0.570. The molecule has 1 N–H and O–H groups in total. The zero-order chi connectivity index (χ0) is 6.97. The summed E-state index contributed by atoms with van der Waals surface area (Å²) in [6.07, 6.45) is 4.53. The highest BCUT2D eigenvalue weighted by Gasteiger charge is 1.97. The molecule has 0 radical (unpaired) electrons. The van der Waals surface area contributed by atoms with Gasteiger partial charge in [-0.25, -0.2) is 9.50 Å². The maximum absolute atomic E-state index is 9.10. The molecule has 2 aromatic heterocycles. The van der Waals surface area contributed by atoms with Crippen molar-refractivity contribution in [1.29, 1.82) is 0 Å². The summed E-state index contributed by atoms with van der Waals surface area (Å²) in [5, 5.41) is 12.9. The summed E-state index contributed by atoms with van der Waals surface area (Å²) >= 11 is 0. The lowest BCUT2D eigenvalue weighted by Gasteiger charge is -1.87. The van der Waals surface area contributed by atoms with Gasteiger partial charge in [0.1, 0.15) is 11.8 Å². The normalized spacial score (nSPS) is 10.4. The molecule has 4 nitrogen and oxygen atoms in total. The van der Waals surface area contributed by atoms with E-state index < -0.39 is 0 Å². The second-order valence-corrected chi connectivity index (χ2v) is 1.94. The highest BCUT2D eigenvalue weighted by atomic mass is 16.3. The van der Waals surface area contributed by atoms with Crippen LogP contribution in [0.2, 0.25) is 0 Å². The molecule has 0 spiro atoms. The molecule has 0 aliphatic rings. The van der Waals surface area contributed by atoms with Crippen LogP contribution in [-0.4, -0.2) is 19.7 Å². The first-order chi connectivity index (χ1) is 4.88. The molecular formula is C6H5N3O. The molecule has 2 aromatic rings. The summed E-state index contributed by atoms with van der Waals surface area (Å²) < 4.78 is 1.51. The van der Waals surface area contributed by atoms with Crippen LogP contribution in [0.25, 0.3) is 5.52 Å². The third kappa shape index (κ3) is 0.556. The van der Waals surface area contributed by atoms with Gasteiger partial charge in [0, 0.05) is 6.20 Å². The van der Waals surface area contributed by atoms with Crippen LogP contribution in [0.3, 0.4) is 0 Å². The van der Waals surface area contributed by atoms with Crippen molar-refractivity contribution in [3.8, 4) is 5.75 Å². The van der Waals surface area contributed by atoms with Gasteiger partial charge in [0.15, 0.2) is 5.75 Å². The zero-order valence-corrected chi connectivity index (χ0v) is 5.10. The lowest BCUT2D eigenvalue weighted by Crippen LogP contribution is -1.85. The Labute approximate surface area is 56.8 Å². The molecule has 0 fully saturated rings. The number of hydrogen-bond acceptors (Lipinski definition) is 3. The molecule has 2 rings (SSSR count). The maximum atomic E-state index is 9.10. The molecule has 0 aliphatic heterocycles. The van der Waals surface area contributed by atoms with Crippen LogP contribution in [0.4, 0.5) is 0 Å². The Bertz CT molecular complexity index is 355. The second kappa shape index (κ2) is 1.70. The molecule has 0 saturated heterocycles. The number of hydrogen-bond donors (Lipinski definition) is 1. The Balaban J connectivity index is 2.93. The standard InChI is InChI=1S/C6H5N3O/c10-6-3-8-9-4-7-2-1-5(6)9/h1-4,10H. The van der Waals surface area contributed by atoms with Gasteiger partial charge < -0.3 is 5.11 Å². The second-order valence-electron chi connectivity index (χ2n) is 1.94. The summed E-state index contributed by atoms with van der Waals surface area (Å²) in [5.41, 5.74) is 0.676. The number of nitrogens with zero attached hydrogens (tertiary/aromatic N) is 3. The molecular weight excluding hydrogens is 130 g/mol. The van der Waals surface area contributed by atoms with Crippen molar-refractivity contribution in [2.75, 3.05) is 0 Å². The monoisotopic (exact) mass is 135 g/mol. The fraction of sp³-hybridized carbons (Fsp3) is 0. The lowest BCUT2D eigenvalue weighted by molar-refractivity contribution is 0.481. The Morgan fingerprint density at radius 1 is 1.50 bits per heavy atom. The van der Waals surface area contributed by atoms with Gasteiger partial charge in [-0.1, -0.05) is 0 Å². The minimum absolute atomic E-state index is 0.183. The maximum Gasteiger partial charge on any atom is 0.161 e. The molecule has 50 valence electrons. The summed E-state index contributed by atoms with van der Waals surface area (Å²) in [4.78, 5) is 3.82. The third-order valence-corrected chi connectivity index (χ3v) is 1.31. The van der Waals surface area contributed by atoms with Crippen LogP contribution in [0.5, 0.6) is 5.75 Å². The third-order valence-electron chi connectivity index (χ3n) is 1.31. The SMILES string of the molecule is Oc1cnn2cnccc12. The molecule has 2 heterocycles. The molecule has 10 heavy (non-hydrogen) atoms. The van der Waals surface area contributed by atoms with E-state index in [4.69, 9.17) is 5.11 Å². The predicted octanol–water partition coefficient (Wildman–Crippen LogP) is 0.435. The number of fused-ring (bicyclic) bond motifs is 1. The highest BCUT2D eigenvalue weighted by Crippen LogP contribution is 2.14. The van der Waals surface area contributed by atoms with Gasteiger partial charge in [-0.15, -0.1) is 0 Å². The van der Waals surface area contributed by atoms with E-state index in [0.717, 1.165) is 0 Å². The van der Waals surface area contributed by atoms with Crippen molar-refractivity contribution in [3.63, 3.8) is 0 Å². The first kappa shape index (κ1) is 5.22. The lowest BCUT2D eigenvalue weighted by atomic mass is 10.4. The van der Waals surface area contributed by atoms with E-state index in [1.807, 2.05) is 0 Å². The van der Waals surface area contributed by atoms with E-state index in [9.17, 15) is 0 Å². The molecule has 0 amide bonds. The Morgan fingerprint density at radius 2 is 2.40 bits per heavy atom. The van der Waals surface area contributed by atoms with Crippen LogP contribution in [-0.2, 0) is 0 Å². The van der Waals surface area contributed by atoms with Gasteiger partial charge in [-0.05, 0) is 6.07 Å². The van der Waals surface area contributed by atoms with Gasteiger partial charge >= 0.3 is 0 Å². The minimum Gasteiger partial charge on any atom is -0.504 e. The largest absolute Gasteiger partial charge is 0.504 e. The minimum atomic E-state index is 0.183. The van der Waals surface area contributed by atoms with Crippen LogP contribution < -0.4 is 0 Å². The molecule has 4 heteroatoms. The van der Waals surface area contributed by atoms with E-state index in [1.54, 1.807) is 12.3 Å². The van der Waals surface area contributed by atoms with E-state index in [2.05, 4.69) is 10.1 Å². The van der Waals surface area contributed by atoms with Crippen LogP contribution >= 0.6 is 0 Å². The predicted molar refractivity (Wildman–Crippen MR) is 34.7 cm³/mol. The number of rotatable bonds is 0. The van der Waals surface area contributed by atoms with Crippen molar-refractivity contribution in [3.05, 3.63) is 24.8 Å².